The Hall–Kier alpha value is -3.03. The highest BCUT2D eigenvalue weighted by Crippen LogP contribution is 2.45. The minimum atomic E-state index is -1.20. The van der Waals surface area contributed by atoms with E-state index in [1.165, 1.54) is 10.5 Å². The Morgan fingerprint density at radius 3 is 2.94 bits per heavy atom. The second kappa shape index (κ2) is 7.78. The van der Waals surface area contributed by atoms with Crippen molar-refractivity contribution in [3.63, 3.8) is 0 Å². The number of likely N-dealkylation sites (tertiary alicyclic amines) is 1. The lowest BCUT2D eigenvalue weighted by Gasteiger charge is -2.25. The number of nitrogens with one attached hydrogen (secondary N) is 1. The van der Waals surface area contributed by atoms with Crippen LogP contribution in [0.3, 0.4) is 0 Å². The van der Waals surface area contributed by atoms with Crippen LogP contribution in [0.1, 0.15) is 42.0 Å². The van der Waals surface area contributed by atoms with Crippen LogP contribution in [-0.4, -0.2) is 40.2 Å². The molecule has 1 fully saturated rings. The first-order valence-corrected chi connectivity index (χ1v) is 11.7. The number of halogens is 1. The van der Waals surface area contributed by atoms with E-state index in [4.69, 9.17) is 26.1 Å². The molecular formula is C25H23ClN3O4-. The van der Waals surface area contributed by atoms with Gasteiger partial charge in [0.2, 0.25) is 0 Å². The Labute approximate surface area is 196 Å². The molecule has 0 saturated carbocycles. The molecule has 2 atom stereocenters. The number of amides is 1. The van der Waals surface area contributed by atoms with Gasteiger partial charge in [-0.15, -0.1) is 0 Å². The van der Waals surface area contributed by atoms with Crippen LogP contribution < -0.4 is 9.84 Å². The quantitative estimate of drug-likeness (QED) is 0.635. The molecule has 8 heteroatoms. The Balaban J connectivity index is 1.38. The highest BCUT2D eigenvalue weighted by atomic mass is 35.5. The van der Waals surface area contributed by atoms with Crippen LogP contribution in [0.25, 0.3) is 22.4 Å². The van der Waals surface area contributed by atoms with Crippen LogP contribution in [-0.2, 0) is 24.2 Å². The Kier molecular flexibility index (Phi) is 4.85. The molecule has 1 aliphatic carbocycles. The van der Waals surface area contributed by atoms with Crippen LogP contribution in [0.15, 0.2) is 30.3 Å². The zero-order chi connectivity index (χ0) is 22.7. The van der Waals surface area contributed by atoms with E-state index in [0.717, 1.165) is 52.2 Å². The van der Waals surface area contributed by atoms with E-state index in [1.54, 1.807) is 0 Å². The zero-order valence-electron chi connectivity index (χ0n) is 18.2. The average Bonchev–Trinajstić information content (AvgIpc) is 3.42. The number of rotatable bonds is 3. The van der Waals surface area contributed by atoms with Gasteiger partial charge in [0, 0.05) is 41.4 Å². The lowest BCUT2D eigenvalue weighted by Crippen LogP contribution is -2.41. The highest BCUT2D eigenvalue weighted by molar-refractivity contribution is 6.30. The van der Waals surface area contributed by atoms with Gasteiger partial charge in [-0.2, -0.15) is 0 Å². The summed E-state index contributed by atoms with van der Waals surface area (Å²) in [4.78, 5) is 21.4. The Bertz CT molecular complexity index is 1270. The molecule has 1 saturated heterocycles. The molecule has 1 aromatic heterocycles. The molecule has 1 amide bonds. The highest BCUT2D eigenvalue weighted by Gasteiger charge is 2.37. The van der Waals surface area contributed by atoms with Gasteiger partial charge in [-0.05, 0) is 60.7 Å². The molecule has 0 unspecified atom stereocenters. The molecule has 3 aromatic rings. The summed E-state index contributed by atoms with van der Waals surface area (Å²) in [7, 11) is 0. The van der Waals surface area contributed by atoms with Crippen LogP contribution in [0.2, 0.25) is 5.02 Å². The minimum absolute atomic E-state index is 0.152. The Morgan fingerprint density at radius 1 is 1.24 bits per heavy atom. The van der Waals surface area contributed by atoms with E-state index < -0.39 is 12.1 Å². The predicted molar refractivity (Wildman–Crippen MR) is 121 cm³/mol. The molecule has 0 spiro atoms. The number of carbonyl (C=O) groups excluding carboxylic acids is 1. The summed E-state index contributed by atoms with van der Waals surface area (Å²) in [6, 6.07) is 9.78. The number of ether oxygens (including phenoxy) is 2. The van der Waals surface area contributed by atoms with Crippen molar-refractivity contribution < 1.29 is 19.4 Å². The van der Waals surface area contributed by atoms with E-state index >= 15 is 0 Å². The third-order valence-electron chi connectivity index (χ3n) is 6.86. The summed E-state index contributed by atoms with van der Waals surface area (Å²) in [5.41, 5.74) is 7.45. The van der Waals surface area contributed by atoms with Crippen LogP contribution in [0.5, 0.6) is 5.75 Å². The maximum Gasteiger partial charge on any atom is 0.137 e. The molecular weight excluding hydrogens is 442 g/mol. The molecule has 33 heavy (non-hydrogen) atoms. The number of nitrogens with zero attached hydrogens (tertiary/aromatic N) is 2. The van der Waals surface area contributed by atoms with Crippen molar-refractivity contribution in [2.45, 2.75) is 44.9 Å². The number of fused-ring (bicyclic) bond motifs is 6. The first kappa shape index (κ1) is 20.6. The number of carbonyl (C=O) groups is 1. The summed E-state index contributed by atoms with van der Waals surface area (Å²) in [6.45, 7) is 3.23. The number of aromatic nitrogens is 2. The molecule has 3 aliphatic rings. The number of aromatic amines is 1. The molecule has 170 valence electrons. The average molecular weight is 465 g/mol. The topological polar surface area (TPSA) is 90.5 Å². The number of hydrogen-bond acceptors (Lipinski definition) is 5. The lowest BCUT2D eigenvalue weighted by atomic mass is 9.87. The van der Waals surface area contributed by atoms with Crippen molar-refractivity contribution in [2.75, 3.05) is 13.2 Å². The lowest BCUT2D eigenvalue weighted by molar-refractivity contribution is -0.267. The molecule has 7 nitrogen and oxygen atoms in total. The fourth-order valence-electron chi connectivity index (χ4n) is 5.35. The van der Waals surface area contributed by atoms with Gasteiger partial charge in [-0.25, -0.2) is 4.98 Å². The smallest absolute Gasteiger partial charge is 0.137 e. The SMILES string of the molecule is CCO[C@H]1C[C@@H](c2nc3c([nH]2)CCc2cc4c(cc2-3)OCc2cc(Cl)ccc2-4)N(C(=O)[O-])C1. The van der Waals surface area contributed by atoms with Crippen molar-refractivity contribution in [3.8, 4) is 28.1 Å². The molecule has 3 heterocycles. The fourth-order valence-corrected chi connectivity index (χ4v) is 5.54. The number of carboxylic acid groups (broad SMARTS) is 1. The van der Waals surface area contributed by atoms with Crippen molar-refractivity contribution in [2.24, 2.45) is 0 Å². The summed E-state index contributed by atoms with van der Waals surface area (Å²) in [5.74, 6) is 1.48. The van der Waals surface area contributed by atoms with E-state index in [1.807, 2.05) is 19.1 Å². The van der Waals surface area contributed by atoms with Crippen LogP contribution in [0, 0.1) is 0 Å². The molecule has 2 aromatic carbocycles. The van der Waals surface area contributed by atoms with Gasteiger partial charge >= 0.3 is 0 Å². The molecule has 6 rings (SSSR count). The van der Waals surface area contributed by atoms with Gasteiger partial charge in [0.1, 0.15) is 24.3 Å². The minimum Gasteiger partial charge on any atom is -0.530 e. The third-order valence-corrected chi connectivity index (χ3v) is 7.09. The first-order valence-electron chi connectivity index (χ1n) is 11.3. The van der Waals surface area contributed by atoms with Gasteiger partial charge in [-0.1, -0.05) is 17.7 Å². The van der Waals surface area contributed by atoms with Crippen molar-refractivity contribution >= 4 is 17.7 Å². The van der Waals surface area contributed by atoms with Crippen molar-refractivity contribution in [3.05, 3.63) is 58.0 Å². The maximum atomic E-state index is 11.8. The second-order valence-electron chi connectivity index (χ2n) is 8.79. The van der Waals surface area contributed by atoms with E-state index in [2.05, 4.69) is 23.2 Å². The summed E-state index contributed by atoms with van der Waals surface area (Å²) in [5, 5.41) is 12.5. The normalized spacial score (nSPS) is 20.5. The van der Waals surface area contributed by atoms with E-state index in [9.17, 15) is 9.90 Å². The number of benzene rings is 2. The Morgan fingerprint density at radius 2 is 2.12 bits per heavy atom. The number of hydrogen-bond donors (Lipinski definition) is 1. The predicted octanol–water partition coefficient (Wildman–Crippen LogP) is 3.88. The maximum absolute atomic E-state index is 11.8. The van der Waals surface area contributed by atoms with Gasteiger partial charge in [-0.3, -0.25) is 0 Å². The first-order chi connectivity index (χ1) is 16.0. The van der Waals surface area contributed by atoms with Gasteiger partial charge in [0.15, 0.2) is 0 Å². The summed E-state index contributed by atoms with van der Waals surface area (Å²) < 4.78 is 11.8. The van der Waals surface area contributed by atoms with Gasteiger partial charge < -0.3 is 29.3 Å². The number of aryl methyl sites for hydroxylation is 2. The monoisotopic (exact) mass is 464 g/mol. The van der Waals surface area contributed by atoms with Crippen molar-refractivity contribution in [1.82, 2.24) is 14.9 Å². The molecule has 2 aliphatic heterocycles. The summed E-state index contributed by atoms with van der Waals surface area (Å²) in [6.07, 6.45) is 0.902. The van der Waals surface area contributed by atoms with Crippen LogP contribution >= 0.6 is 11.6 Å². The van der Waals surface area contributed by atoms with E-state index in [-0.39, 0.29) is 6.10 Å². The third kappa shape index (κ3) is 3.38. The van der Waals surface area contributed by atoms with Crippen molar-refractivity contribution in [1.29, 1.82) is 0 Å². The molecule has 0 bridgehead atoms. The van der Waals surface area contributed by atoms with Gasteiger partial charge in [0.25, 0.3) is 0 Å². The largest absolute Gasteiger partial charge is 0.530 e. The molecule has 1 N–H and O–H groups in total. The molecule has 0 radical (unpaired) electrons. The zero-order valence-corrected chi connectivity index (χ0v) is 18.9. The number of H-pyrrole nitrogens is 1. The summed E-state index contributed by atoms with van der Waals surface area (Å²) >= 11 is 6.17. The van der Waals surface area contributed by atoms with E-state index in [0.29, 0.717) is 37.0 Å². The van der Waals surface area contributed by atoms with Gasteiger partial charge in [0.05, 0.1) is 17.8 Å². The number of imidazole rings is 1. The fraction of sp³-hybridized carbons (Fsp3) is 0.360. The van der Waals surface area contributed by atoms with Crippen LogP contribution in [0.4, 0.5) is 4.79 Å². The second-order valence-corrected chi connectivity index (χ2v) is 9.23. The standard InChI is InChI=1S/C25H24ClN3O4/c1-2-32-16-9-21(29(11-16)25(30)31)24-27-20-6-3-13-8-19-17-5-4-15(26)7-14(17)12-33-22(19)10-18(13)23(20)28-24/h4-5,7-8,10,16,21H,2-3,6,9,11-12H2,1H3,(H,27,28)(H,30,31)/p-1/t16-,21-/m0/s1.